The Labute approximate surface area is 214 Å². The minimum Gasteiger partial charge on any atom is -0.497 e. The number of halogens is 1. The van der Waals surface area contributed by atoms with Crippen molar-refractivity contribution in [3.63, 3.8) is 0 Å². The van der Waals surface area contributed by atoms with E-state index in [9.17, 15) is 4.79 Å². The summed E-state index contributed by atoms with van der Waals surface area (Å²) in [7, 11) is 5.38. The topological polar surface area (TPSA) is 66.4 Å². The molecule has 8 heteroatoms. The van der Waals surface area contributed by atoms with Gasteiger partial charge in [-0.15, -0.1) is 24.0 Å². The predicted molar refractivity (Wildman–Crippen MR) is 143 cm³/mol. The Bertz CT molecular complexity index is 905. The summed E-state index contributed by atoms with van der Waals surface area (Å²) < 4.78 is 10.9. The monoisotopic (exact) mass is 566 g/mol. The van der Waals surface area contributed by atoms with E-state index in [0.29, 0.717) is 26.1 Å². The van der Waals surface area contributed by atoms with Gasteiger partial charge in [0, 0.05) is 40.2 Å². The van der Waals surface area contributed by atoms with Crippen LogP contribution in [0.2, 0.25) is 0 Å². The number of methoxy groups -OCH3 is 1. The quantitative estimate of drug-likeness (QED) is 0.218. The Kier molecular flexibility index (Phi) is 11.3. The van der Waals surface area contributed by atoms with E-state index in [0.717, 1.165) is 43.4 Å². The fraction of sp³-hybridized carbons (Fsp3) is 0.440. The van der Waals surface area contributed by atoms with Gasteiger partial charge >= 0.3 is 0 Å². The maximum Gasteiger partial charge on any atom is 0.222 e. The summed E-state index contributed by atoms with van der Waals surface area (Å²) >= 11 is 0. The van der Waals surface area contributed by atoms with Crippen molar-refractivity contribution in [1.82, 2.24) is 15.1 Å². The molecule has 1 amide bonds. The first kappa shape index (κ1) is 26.8. The van der Waals surface area contributed by atoms with Crippen molar-refractivity contribution in [3.05, 3.63) is 59.7 Å². The number of carbonyl (C=O) groups excluding carboxylic acids is 1. The third kappa shape index (κ3) is 8.10. The maximum absolute atomic E-state index is 12.6. The van der Waals surface area contributed by atoms with Crippen molar-refractivity contribution in [3.8, 4) is 11.5 Å². The van der Waals surface area contributed by atoms with Gasteiger partial charge < -0.3 is 24.6 Å². The Morgan fingerprint density at radius 3 is 2.52 bits per heavy atom. The first-order chi connectivity index (χ1) is 15.6. The van der Waals surface area contributed by atoms with Crippen molar-refractivity contribution in [1.29, 1.82) is 0 Å². The van der Waals surface area contributed by atoms with Gasteiger partial charge in [-0.25, -0.2) is 0 Å². The van der Waals surface area contributed by atoms with Crippen LogP contribution in [-0.4, -0.2) is 69.1 Å². The molecule has 0 bridgehead atoms. The van der Waals surface area contributed by atoms with Crippen LogP contribution < -0.4 is 14.8 Å². The molecule has 0 fully saturated rings. The molecule has 0 aromatic heterocycles. The SMILES string of the molecule is CN=C(NCCCC(=O)N1CCc2ccccc2C1)N(C)CCOc1ccc(OC)cc1.I. The molecule has 0 spiro atoms. The molecule has 1 aliphatic rings. The van der Waals surface area contributed by atoms with Crippen molar-refractivity contribution in [2.45, 2.75) is 25.8 Å². The number of guanidine groups is 1. The normalized spacial score (nSPS) is 12.9. The summed E-state index contributed by atoms with van der Waals surface area (Å²) in [6.07, 6.45) is 2.25. The molecule has 2 aromatic carbocycles. The van der Waals surface area contributed by atoms with E-state index in [-0.39, 0.29) is 29.9 Å². The Hall–Kier alpha value is -2.49. The number of benzene rings is 2. The summed E-state index contributed by atoms with van der Waals surface area (Å²) in [6.45, 7) is 3.46. The van der Waals surface area contributed by atoms with Crippen LogP contribution in [0, 0.1) is 0 Å². The number of fused-ring (bicyclic) bond motifs is 1. The molecule has 7 nitrogen and oxygen atoms in total. The number of aliphatic imine (C=N–C) groups is 1. The van der Waals surface area contributed by atoms with Crippen LogP contribution in [0.5, 0.6) is 11.5 Å². The molecule has 2 aromatic rings. The molecule has 3 rings (SSSR count). The van der Waals surface area contributed by atoms with Gasteiger partial charge in [-0.3, -0.25) is 9.79 Å². The lowest BCUT2D eigenvalue weighted by molar-refractivity contribution is -0.132. The van der Waals surface area contributed by atoms with E-state index >= 15 is 0 Å². The molecule has 1 aliphatic heterocycles. The van der Waals surface area contributed by atoms with Gasteiger partial charge in [-0.2, -0.15) is 0 Å². The Balaban J connectivity index is 0.00000385. The van der Waals surface area contributed by atoms with Crippen molar-refractivity contribution >= 4 is 35.8 Å². The lowest BCUT2D eigenvalue weighted by Crippen LogP contribution is -2.41. The number of ether oxygens (including phenoxy) is 2. The Morgan fingerprint density at radius 2 is 1.82 bits per heavy atom. The first-order valence-corrected chi connectivity index (χ1v) is 11.1. The molecule has 0 radical (unpaired) electrons. The molecular formula is C25H35IN4O3. The van der Waals surface area contributed by atoms with Crippen LogP contribution in [0.25, 0.3) is 0 Å². The number of hydrogen-bond donors (Lipinski definition) is 1. The molecule has 0 saturated heterocycles. The van der Waals surface area contributed by atoms with Gasteiger partial charge in [-0.1, -0.05) is 24.3 Å². The van der Waals surface area contributed by atoms with E-state index in [1.54, 1.807) is 14.2 Å². The summed E-state index contributed by atoms with van der Waals surface area (Å²) in [4.78, 5) is 20.9. The lowest BCUT2D eigenvalue weighted by atomic mass is 9.99. The van der Waals surface area contributed by atoms with E-state index < -0.39 is 0 Å². The van der Waals surface area contributed by atoms with E-state index in [1.165, 1.54) is 11.1 Å². The second-order valence-electron chi connectivity index (χ2n) is 7.86. The molecule has 33 heavy (non-hydrogen) atoms. The zero-order valence-electron chi connectivity index (χ0n) is 19.8. The molecule has 0 atom stereocenters. The second kappa shape index (κ2) is 13.9. The summed E-state index contributed by atoms with van der Waals surface area (Å²) in [5.41, 5.74) is 2.63. The van der Waals surface area contributed by atoms with Gasteiger partial charge in [0.05, 0.1) is 13.7 Å². The van der Waals surface area contributed by atoms with Gasteiger partial charge in [0.2, 0.25) is 5.91 Å². The summed E-state index contributed by atoms with van der Waals surface area (Å²) in [5.74, 6) is 2.63. The zero-order chi connectivity index (χ0) is 22.8. The highest BCUT2D eigenvalue weighted by molar-refractivity contribution is 14.0. The van der Waals surface area contributed by atoms with Crippen molar-refractivity contribution in [2.75, 3.05) is 47.4 Å². The minimum absolute atomic E-state index is 0. The lowest BCUT2D eigenvalue weighted by Gasteiger charge is -2.29. The smallest absolute Gasteiger partial charge is 0.222 e. The number of nitrogens with one attached hydrogen (secondary N) is 1. The number of amides is 1. The molecule has 0 unspecified atom stereocenters. The highest BCUT2D eigenvalue weighted by Crippen LogP contribution is 2.19. The van der Waals surface area contributed by atoms with E-state index in [2.05, 4.69) is 28.5 Å². The number of likely N-dealkylation sites (N-methyl/N-ethyl adjacent to an activating group) is 1. The van der Waals surface area contributed by atoms with E-state index in [4.69, 9.17) is 9.47 Å². The van der Waals surface area contributed by atoms with Gasteiger partial charge in [0.1, 0.15) is 18.1 Å². The second-order valence-corrected chi connectivity index (χ2v) is 7.86. The highest BCUT2D eigenvalue weighted by atomic mass is 127. The van der Waals surface area contributed by atoms with Crippen LogP contribution in [0.3, 0.4) is 0 Å². The van der Waals surface area contributed by atoms with Crippen molar-refractivity contribution < 1.29 is 14.3 Å². The number of rotatable bonds is 9. The van der Waals surface area contributed by atoms with Crippen molar-refractivity contribution in [2.24, 2.45) is 4.99 Å². The average molecular weight is 566 g/mol. The predicted octanol–water partition coefficient (Wildman–Crippen LogP) is 3.56. The molecule has 180 valence electrons. The summed E-state index contributed by atoms with van der Waals surface area (Å²) in [5, 5.41) is 3.34. The van der Waals surface area contributed by atoms with Gasteiger partial charge in [-0.05, 0) is 48.2 Å². The molecule has 1 heterocycles. The number of carbonyl (C=O) groups is 1. The van der Waals surface area contributed by atoms with Gasteiger partial charge in [0.25, 0.3) is 0 Å². The Morgan fingerprint density at radius 1 is 1.12 bits per heavy atom. The molecule has 0 saturated carbocycles. The molecule has 1 N–H and O–H groups in total. The standard InChI is InChI=1S/C25H34N4O3.HI/c1-26-25(28(2)17-18-32-23-12-10-22(31-3)11-13-23)27-15-6-9-24(30)29-16-14-20-7-4-5-8-21(20)19-29;/h4-5,7-8,10-13H,6,9,14-19H2,1-3H3,(H,26,27);1H. The third-order valence-electron chi connectivity index (χ3n) is 5.66. The first-order valence-electron chi connectivity index (χ1n) is 11.1. The van der Waals surface area contributed by atoms with Crippen LogP contribution >= 0.6 is 24.0 Å². The molecule has 0 aliphatic carbocycles. The van der Waals surface area contributed by atoms with Crippen LogP contribution in [0.4, 0.5) is 0 Å². The fourth-order valence-corrected chi connectivity index (χ4v) is 3.77. The average Bonchev–Trinajstić information content (AvgIpc) is 2.84. The fourth-order valence-electron chi connectivity index (χ4n) is 3.77. The highest BCUT2D eigenvalue weighted by Gasteiger charge is 2.19. The zero-order valence-corrected chi connectivity index (χ0v) is 22.1. The van der Waals surface area contributed by atoms with E-state index in [1.807, 2.05) is 47.2 Å². The van der Waals surface area contributed by atoms with Crippen LogP contribution in [-0.2, 0) is 17.8 Å². The maximum atomic E-state index is 12.6. The largest absolute Gasteiger partial charge is 0.497 e. The number of nitrogens with zero attached hydrogens (tertiary/aromatic N) is 3. The van der Waals surface area contributed by atoms with Gasteiger partial charge in [0.15, 0.2) is 5.96 Å². The van der Waals surface area contributed by atoms with Crippen LogP contribution in [0.1, 0.15) is 24.0 Å². The van der Waals surface area contributed by atoms with Crippen LogP contribution in [0.15, 0.2) is 53.5 Å². The third-order valence-corrected chi connectivity index (χ3v) is 5.66. The minimum atomic E-state index is 0. The summed E-state index contributed by atoms with van der Waals surface area (Å²) in [6, 6.07) is 15.9. The number of hydrogen-bond acceptors (Lipinski definition) is 4. The molecular weight excluding hydrogens is 531 g/mol.